The van der Waals surface area contributed by atoms with Crippen molar-refractivity contribution in [1.29, 1.82) is 0 Å². The van der Waals surface area contributed by atoms with Gasteiger partial charge in [-0.15, -0.1) is 0 Å². The number of aromatic carboxylic acids is 1. The zero-order valence-electron chi connectivity index (χ0n) is 13.5. The Morgan fingerprint density at radius 3 is 2.39 bits per heavy atom. The lowest BCUT2D eigenvalue weighted by molar-refractivity contribution is 0.0697. The molecule has 0 saturated heterocycles. The molecule has 0 fully saturated rings. The summed E-state index contributed by atoms with van der Waals surface area (Å²) in [5.74, 6) is -0.154. The van der Waals surface area contributed by atoms with Gasteiger partial charge in [-0.25, -0.2) is 4.79 Å². The third kappa shape index (κ3) is 5.40. The Kier molecular flexibility index (Phi) is 6.60. The average Bonchev–Trinajstić information content (AvgIpc) is 2.58. The molecule has 0 atom stereocenters. The minimum atomic E-state index is -0.924. The highest BCUT2D eigenvalue weighted by molar-refractivity contribution is 5.88. The van der Waals surface area contributed by atoms with Gasteiger partial charge in [0.2, 0.25) is 0 Å². The smallest absolute Gasteiger partial charge is 0.335 e. The molecular weight excluding hydrogens is 290 g/mol. The van der Waals surface area contributed by atoms with Crippen LogP contribution in [-0.4, -0.2) is 22.7 Å². The van der Waals surface area contributed by atoms with Gasteiger partial charge in [0, 0.05) is 5.56 Å². The maximum absolute atomic E-state index is 10.8. The van der Waals surface area contributed by atoms with Crippen LogP contribution in [-0.2, 0) is 0 Å². The first-order chi connectivity index (χ1) is 11.2. The second-order valence-electron chi connectivity index (χ2n) is 5.52. The minimum absolute atomic E-state index is 0.275. The van der Waals surface area contributed by atoms with Gasteiger partial charge in [-0.3, -0.25) is 4.98 Å². The third-order valence-electron chi connectivity index (χ3n) is 3.68. The Morgan fingerprint density at radius 2 is 1.78 bits per heavy atom. The van der Waals surface area contributed by atoms with E-state index >= 15 is 0 Å². The Morgan fingerprint density at radius 1 is 1.04 bits per heavy atom. The molecule has 0 amide bonds. The number of rotatable bonds is 9. The maximum atomic E-state index is 10.8. The van der Waals surface area contributed by atoms with E-state index in [0.717, 1.165) is 30.0 Å². The summed E-state index contributed by atoms with van der Waals surface area (Å²) in [5.41, 5.74) is 1.97. The van der Waals surface area contributed by atoms with Crippen molar-refractivity contribution < 1.29 is 14.6 Å². The summed E-state index contributed by atoms with van der Waals surface area (Å²) in [6.07, 6.45) is 7.79. The number of aromatic nitrogens is 1. The van der Waals surface area contributed by atoms with Crippen molar-refractivity contribution in [3.8, 4) is 17.0 Å². The van der Waals surface area contributed by atoms with E-state index < -0.39 is 5.97 Å². The average molecular weight is 313 g/mol. The molecule has 0 aliphatic heterocycles. The number of carbonyl (C=O) groups is 1. The largest absolute Gasteiger partial charge is 0.492 e. The van der Waals surface area contributed by atoms with Crippen LogP contribution in [0.5, 0.6) is 5.75 Å². The lowest BCUT2D eigenvalue weighted by Crippen LogP contribution is -1.98. The quantitative estimate of drug-likeness (QED) is 0.676. The minimum Gasteiger partial charge on any atom is -0.492 e. The van der Waals surface area contributed by atoms with E-state index in [-0.39, 0.29) is 5.56 Å². The highest BCUT2D eigenvalue weighted by Gasteiger charge is 2.04. The van der Waals surface area contributed by atoms with E-state index in [1.54, 1.807) is 30.5 Å². The number of carboxylic acid groups (broad SMARTS) is 1. The Balaban J connectivity index is 1.85. The van der Waals surface area contributed by atoms with Crippen molar-refractivity contribution in [2.24, 2.45) is 0 Å². The third-order valence-corrected chi connectivity index (χ3v) is 3.68. The van der Waals surface area contributed by atoms with Gasteiger partial charge in [0.25, 0.3) is 0 Å². The first-order valence-electron chi connectivity index (χ1n) is 8.13. The predicted molar refractivity (Wildman–Crippen MR) is 90.9 cm³/mol. The number of hydrogen-bond donors (Lipinski definition) is 1. The fourth-order valence-corrected chi connectivity index (χ4v) is 2.32. The first-order valence-corrected chi connectivity index (χ1v) is 8.13. The summed E-state index contributed by atoms with van der Waals surface area (Å²) in [5, 5.41) is 8.90. The fourth-order valence-electron chi connectivity index (χ4n) is 2.32. The highest BCUT2D eigenvalue weighted by atomic mass is 16.5. The molecule has 0 spiro atoms. The van der Waals surface area contributed by atoms with Crippen LogP contribution in [0.15, 0.2) is 42.6 Å². The van der Waals surface area contributed by atoms with Crippen LogP contribution in [0.2, 0.25) is 0 Å². The normalized spacial score (nSPS) is 10.5. The number of nitrogens with zero attached hydrogens (tertiary/aromatic N) is 1. The van der Waals surface area contributed by atoms with Gasteiger partial charge in [-0.05, 0) is 30.7 Å². The van der Waals surface area contributed by atoms with Gasteiger partial charge >= 0.3 is 5.97 Å². The van der Waals surface area contributed by atoms with Crippen LogP contribution in [0.4, 0.5) is 0 Å². The zero-order valence-corrected chi connectivity index (χ0v) is 13.5. The monoisotopic (exact) mass is 313 g/mol. The summed E-state index contributed by atoms with van der Waals surface area (Å²) in [4.78, 5) is 15.2. The van der Waals surface area contributed by atoms with E-state index in [1.807, 2.05) is 12.1 Å². The number of pyridine rings is 1. The SMILES string of the molecule is CCCCCCCOc1ccc(-c2ccc(C(=O)O)cc2)nc1. The van der Waals surface area contributed by atoms with Gasteiger partial charge in [0.05, 0.1) is 24.1 Å². The van der Waals surface area contributed by atoms with Crippen molar-refractivity contribution >= 4 is 5.97 Å². The molecule has 4 heteroatoms. The molecule has 0 aliphatic rings. The molecule has 1 N–H and O–H groups in total. The first kappa shape index (κ1) is 17.0. The Bertz CT molecular complexity index is 606. The van der Waals surface area contributed by atoms with Crippen molar-refractivity contribution in [3.05, 3.63) is 48.2 Å². The lowest BCUT2D eigenvalue weighted by atomic mass is 10.1. The molecule has 0 bridgehead atoms. The Labute approximate surface area is 137 Å². The van der Waals surface area contributed by atoms with Gasteiger partial charge in [0.15, 0.2) is 0 Å². The molecule has 0 unspecified atom stereocenters. The van der Waals surface area contributed by atoms with Crippen LogP contribution in [0.3, 0.4) is 0 Å². The molecule has 2 aromatic rings. The zero-order chi connectivity index (χ0) is 16.5. The van der Waals surface area contributed by atoms with E-state index in [0.29, 0.717) is 0 Å². The number of hydrogen-bond acceptors (Lipinski definition) is 3. The number of carboxylic acids is 1. The summed E-state index contributed by atoms with van der Waals surface area (Å²) in [6.45, 7) is 2.93. The van der Waals surface area contributed by atoms with Crippen molar-refractivity contribution in [3.63, 3.8) is 0 Å². The molecule has 4 nitrogen and oxygen atoms in total. The van der Waals surface area contributed by atoms with Gasteiger partial charge in [0.1, 0.15) is 5.75 Å². The molecular formula is C19H23NO3. The van der Waals surface area contributed by atoms with Crippen LogP contribution < -0.4 is 4.74 Å². The van der Waals surface area contributed by atoms with Crippen LogP contribution >= 0.6 is 0 Å². The number of ether oxygens (including phenoxy) is 1. The second-order valence-corrected chi connectivity index (χ2v) is 5.52. The summed E-state index contributed by atoms with van der Waals surface area (Å²) < 4.78 is 5.69. The summed E-state index contributed by atoms with van der Waals surface area (Å²) in [7, 11) is 0. The molecule has 0 radical (unpaired) electrons. The Hall–Kier alpha value is -2.36. The fraction of sp³-hybridized carbons (Fsp3) is 0.368. The molecule has 0 saturated carbocycles. The standard InChI is InChI=1S/C19H23NO3/c1-2-3-4-5-6-13-23-17-11-12-18(20-14-17)15-7-9-16(10-8-15)19(21)22/h7-12,14H,2-6,13H2,1H3,(H,21,22). The molecule has 0 aliphatic carbocycles. The predicted octanol–water partition coefficient (Wildman–Crippen LogP) is 4.80. The second kappa shape index (κ2) is 8.93. The van der Waals surface area contributed by atoms with E-state index in [2.05, 4.69) is 11.9 Å². The summed E-state index contributed by atoms with van der Waals surface area (Å²) in [6, 6.07) is 10.5. The van der Waals surface area contributed by atoms with Crippen molar-refractivity contribution in [2.45, 2.75) is 39.0 Å². The van der Waals surface area contributed by atoms with Gasteiger partial charge < -0.3 is 9.84 Å². The highest BCUT2D eigenvalue weighted by Crippen LogP contribution is 2.20. The van der Waals surface area contributed by atoms with Gasteiger partial charge in [-0.2, -0.15) is 0 Å². The lowest BCUT2D eigenvalue weighted by Gasteiger charge is -2.07. The van der Waals surface area contributed by atoms with E-state index in [1.165, 1.54) is 25.7 Å². The van der Waals surface area contributed by atoms with Crippen molar-refractivity contribution in [2.75, 3.05) is 6.61 Å². The van der Waals surface area contributed by atoms with E-state index in [4.69, 9.17) is 9.84 Å². The maximum Gasteiger partial charge on any atom is 0.335 e. The summed E-state index contributed by atoms with van der Waals surface area (Å²) >= 11 is 0. The molecule has 1 heterocycles. The molecule has 1 aromatic carbocycles. The van der Waals surface area contributed by atoms with Crippen LogP contribution in [0.1, 0.15) is 49.4 Å². The van der Waals surface area contributed by atoms with Crippen LogP contribution in [0, 0.1) is 0 Å². The van der Waals surface area contributed by atoms with Gasteiger partial charge in [-0.1, -0.05) is 44.7 Å². The molecule has 1 aromatic heterocycles. The molecule has 23 heavy (non-hydrogen) atoms. The number of unbranched alkanes of at least 4 members (excludes halogenated alkanes) is 4. The molecule has 122 valence electrons. The topological polar surface area (TPSA) is 59.4 Å². The van der Waals surface area contributed by atoms with Crippen molar-refractivity contribution in [1.82, 2.24) is 4.98 Å². The molecule has 2 rings (SSSR count). The van der Waals surface area contributed by atoms with E-state index in [9.17, 15) is 4.79 Å². The number of benzene rings is 1. The van der Waals surface area contributed by atoms with Crippen LogP contribution in [0.25, 0.3) is 11.3 Å².